The summed E-state index contributed by atoms with van der Waals surface area (Å²) in [5.41, 5.74) is 3.70. The van der Waals surface area contributed by atoms with Gasteiger partial charge in [-0.05, 0) is 49.6 Å². The standard InChI is InChI=1S/C24H27FN4O/c1-17-6-3-8-19(14-17)24(30)28(2)11-5-12-29-13-10-21-22(27-16-26-21)23(29)18-7-4-9-20(25)15-18/h3-4,6-9,14-16,21,23H,5,10-13H2,1-2H3. The fraction of sp³-hybridized carbons (Fsp3) is 0.375. The molecule has 2 aliphatic heterocycles. The lowest BCUT2D eigenvalue weighted by Gasteiger charge is -2.38. The maximum Gasteiger partial charge on any atom is 0.253 e. The minimum atomic E-state index is -0.238. The smallest absolute Gasteiger partial charge is 0.253 e. The molecular formula is C24H27FN4O. The Balaban J connectivity index is 1.42. The quantitative estimate of drug-likeness (QED) is 0.731. The molecule has 2 aromatic carbocycles. The van der Waals surface area contributed by atoms with Gasteiger partial charge in [-0.2, -0.15) is 0 Å². The van der Waals surface area contributed by atoms with E-state index >= 15 is 0 Å². The Morgan fingerprint density at radius 1 is 1.23 bits per heavy atom. The summed E-state index contributed by atoms with van der Waals surface area (Å²) >= 11 is 0. The lowest BCUT2D eigenvalue weighted by Crippen LogP contribution is -2.45. The van der Waals surface area contributed by atoms with Gasteiger partial charge in [0.1, 0.15) is 12.2 Å². The molecule has 0 aromatic heterocycles. The highest BCUT2D eigenvalue weighted by Crippen LogP contribution is 2.32. The van der Waals surface area contributed by atoms with E-state index in [4.69, 9.17) is 0 Å². The van der Waals surface area contributed by atoms with Gasteiger partial charge in [-0.3, -0.25) is 14.7 Å². The Kier molecular flexibility index (Phi) is 6.04. The van der Waals surface area contributed by atoms with Crippen LogP contribution in [0.1, 0.15) is 40.4 Å². The second-order valence-corrected chi connectivity index (χ2v) is 8.07. The minimum Gasteiger partial charge on any atom is -0.342 e. The highest BCUT2D eigenvalue weighted by atomic mass is 19.1. The topological polar surface area (TPSA) is 48.3 Å². The summed E-state index contributed by atoms with van der Waals surface area (Å²) < 4.78 is 13.9. The van der Waals surface area contributed by atoms with Crippen LogP contribution in [-0.4, -0.2) is 60.5 Å². The molecule has 4 rings (SSSR count). The second kappa shape index (κ2) is 8.88. The first kappa shape index (κ1) is 20.4. The van der Waals surface area contributed by atoms with E-state index in [0.717, 1.165) is 42.8 Å². The summed E-state index contributed by atoms with van der Waals surface area (Å²) in [6, 6.07) is 14.5. The van der Waals surface area contributed by atoms with E-state index in [2.05, 4.69) is 14.9 Å². The first-order chi connectivity index (χ1) is 14.5. The van der Waals surface area contributed by atoms with Crippen molar-refractivity contribution >= 4 is 18.0 Å². The first-order valence-electron chi connectivity index (χ1n) is 10.4. The maximum atomic E-state index is 13.9. The van der Waals surface area contributed by atoms with E-state index in [1.807, 2.05) is 44.3 Å². The molecule has 0 bridgehead atoms. The van der Waals surface area contributed by atoms with Crippen LogP contribution in [-0.2, 0) is 0 Å². The molecule has 0 aliphatic carbocycles. The minimum absolute atomic E-state index is 0.0349. The summed E-state index contributed by atoms with van der Waals surface area (Å²) in [4.78, 5) is 25.8. The van der Waals surface area contributed by atoms with Crippen molar-refractivity contribution in [3.05, 3.63) is 71.0 Å². The van der Waals surface area contributed by atoms with Gasteiger partial charge in [0.25, 0.3) is 5.91 Å². The average molecular weight is 407 g/mol. The Hall–Kier alpha value is -2.86. The average Bonchev–Trinajstić information content (AvgIpc) is 3.21. The third-order valence-electron chi connectivity index (χ3n) is 5.84. The number of aryl methyl sites for hydroxylation is 1. The number of hydrogen-bond donors (Lipinski definition) is 0. The van der Waals surface area contributed by atoms with Crippen molar-refractivity contribution in [1.82, 2.24) is 9.80 Å². The Morgan fingerprint density at radius 3 is 2.87 bits per heavy atom. The van der Waals surface area contributed by atoms with Crippen molar-refractivity contribution in [3.8, 4) is 0 Å². The van der Waals surface area contributed by atoms with Gasteiger partial charge in [-0.25, -0.2) is 9.38 Å². The van der Waals surface area contributed by atoms with Crippen LogP contribution in [0.3, 0.4) is 0 Å². The second-order valence-electron chi connectivity index (χ2n) is 8.07. The van der Waals surface area contributed by atoms with E-state index in [-0.39, 0.29) is 23.8 Å². The number of benzene rings is 2. The lowest BCUT2D eigenvalue weighted by molar-refractivity contribution is 0.0786. The molecule has 2 atom stereocenters. The Bertz CT molecular complexity index is 987. The van der Waals surface area contributed by atoms with E-state index in [1.165, 1.54) is 6.07 Å². The first-order valence-corrected chi connectivity index (χ1v) is 10.4. The molecule has 2 unspecified atom stereocenters. The molecule has 0 saturated carbocycles. The van der Waals surface area contributed by atoms with E-state index in [0.29, 0.717) is 12.1 Å². The molecule has 0 radical (unpaired) electrons. The van der Waals surface area contributed by atoms with Gasteiger partial charge in [0, 0.05) is 32.2 Å². The van der Waals surface area contributed by atoms with Crippen LogP contribution in [0.5, 0.6) is 0 Å². The van der Waals surface area contributed by atoms with Gasteiger partial charge < -0.3 is 4.90 Å². The Labute approximate surface area is 176 Å². The summed E-state index contributed by atoms with van der Waals surface area (Å²) in [6.45, 7) is 4.32. The number of halogens is 1. The molecule has 1 amide bonds. The highest BCUT2D eigenvalue weighted by molar-refractivity contribution is 6.03. The predicted molar refractivity (Wildman–Crippen MR) is 118 cm³/mol. The van der Waals surface area contributed by atoms with Gasteiger partial charge in [0.15, 0.2) is 0 Å². The molecule has 156 valence electrons. The van der Waals surface area contributed by atoms with Crippen LogP contribution in [0.4, 0.5) is 4.39 Å². The number of rotatable bonds is 6. The summed E-state index contributed by atoms with van der Waals surface area (Å²) in [6.07, 6.45) is 3.38. The van der Waals surface area contributed by atoms with Crippen LogP contribution in [0, 0.1) is 12.7 Å². The summed E-state index contributed by atoms with van der Waals surface area (Å²) in [5.74, 6) is -0.203. The van der Waals surface area contributed by atoms with E-state index in [9.17, 15) is 9.18 Å². The maximum absolute atomic E-state index is 13.9. The van der Waals surface area contributed by atoms with Gasteiger partial charge in [-0.1, -0.05) is 29.8 Å². The molecule has 2 aromatic rings. The van der Waals surface area contributed by atoms with Crippen LogP contribution in [0.15, 0.2) is 58.5 Å². The van der Waals surface area contributed by atoms with Gasteiger partial charge >= 0.3 is 0 Å². The van der Waals surface area contributed by atoms with Crippen molar-refractivity contribution in [1.29, 1.82) is 0 Å². The molecule has 0 N–H and O–H groups in total. The zero-order valence-electron chi connectivity index (χ0n) is 17.5. The van der Waals surface area contributed by atoms with Gasteiger partial charge in [-0.15, -0.1) is 0 Å². The summed E-state index contributed by atoms with van der Waals surface area (Å²) in [7, 11) is 1.84. The monoisotopic (exact) mass is 406 g/mol. The fourth-order valence-electron chi connectivity index (χ4n) is 4.33. The predicted octanol–water partition coefficient (Wildman–Crippen LogP) is 3.89. The van der Waals surface area contributed by atoms with Crippen molar-refractivity contribution < 1.29 is 9.18 Å². The number of carbonyl (C=O) groups is 1. The number of aliphatic imine (C=N–C) groups is 2. The SMILES string of the molecule is Cc1cccc(C(=O)N(C)CCCN2CCC3N=CN=C3C2c2cccc(F)c2)c1. The highest BCUT2D eigenvalue weighted by Gasteiger charge is 2.36. The molecule has 30 heavy (non-hydrogen) atoms. The van der Waals surface area contributed by atoms with Crippen LogP contribution in [0.25, 0.3) is 0 Å². The number of hydrogen-bond acceptors (Lipinski definition) is 4. The Morgan fingerprint density at radius 2 is 2.07 bits per heavy atom. The van der Waals surface area contributed by atoms with Crippen LogP contribution >= 0.6 is 0 Å². The molecular weight excluding hydrogens is 379 g/mol. The number of amides is 1. The molecule has 2 aliphatic rings. The van der Waals surface area contributed by atoms with Crippen LogP contribution in [0.2, 0.25) is 0 Å². The molecule has 1 saturated heterocycles. The molecule has 0 spiro atoms. The van der Waals surface area contributed by atoms with Crippen molar-refractivity contribution in [2.45, 2.75) is 31.8 Å². The normalized spacial score (nSPS) is 20.7. The number of carbonyl (C=O) groups excluding carboxylic acids is 1. The third kappa shape index (κ3) is 4.33. The largest absolute Gasteiger partial charge is 0.342 e. The van der Waals surface area contributed by atoms with Gasteiger partial charge in [0.2, 0.25) is 0 Å². The zero-order chi connectivity index (χ0) is 21.1. The van der Waals surface area contributed by atoms with E-state index < -0.39 is 0 Å². The summed E-state index contributed by atoms with van der Waals surface area (Å²) in [5, 5.41) is 0. The number of piperidine rings is 1. The molecule has 2 heterocycles. The lowest BCUT2D eigenvalue weighted by atomic mass is 9.90. The molecule has 5 nitrogen and oxygen atoms in total. The number of nitrogens with zero attached hydrogens (tertiary/aromatic N) is 4. The van der Waals surface area contributed by atoms with Crippen molar-refractivity contribution in [2.75, 3.05) is 26.7 Å². The van der Waals surface area contributed by atoms with E-state index in [1.54, 1.807) is 23.4 Å². The van der Waals surface area contributed by atoms with Crippen molar-refractivity contribution in [3.63, 3.8) is 0 Å². The fourth-order valence-corrected chi connectivity index (χ4v) is 4.33. The van der Waals surface area contributed by atoms with Crippen molar-refractivity contribution in [2.24, 2.45) is 9.98 Å². The van der Waals surface area contributed by atoms with Gasteiger partial charge in [0.05, 0.1) is 17.8 Å². The molecule has 6 heteroatoms. The molecule has 1 fully saturated rings. The number of fused-ring (bicyclic) bond motifs is 1. The number of likely N-dealkylation sites (tertiary alicyclic amines) is 1. The van der Waals surface area contributed by atoms with Crippen LogP contribution < -0.4 is 0 Å². The zero-order valence-corrected chi connectivity index (χ0v) is 17.5. The third-order valence-corrected chi connectivity index (χ3v) is 5.84.